The molecule has 34 heavy (non-hydrogen) atoms. The minimum absolute atomic E-state index is 0.0945. The quantitative estimate of drug-likeness (QED) is 0.0945. The molecule has 0 aliphatic heterocycles. The molecule has 0 fully saturated rings. The van der Waals surface area contributed by atoms with Gasteiger partial charge in [-0.1, -0.05) is 64.2 Å². The van der Waals surface area contributed by atoms with Gasteiger partial charge in [0.15, 0.2) is 23.3 Å². The van der Waals surface area contributed by atoms with E-state index in [4.69, 9.17) is 0 Å². The minimum atomic E-state index is -2.28. The summed E-state index contributed by atoms with van der Waals surface area (Å²) < 4.78 is 106. The molecule has 0 atom stereocenters. The van der Waals surface area contributed by atoms with E-state index < -0.39 is 47.2 Å². The van der Waals surface area contributed by atoms with Gasteiger partial charge in [0.05, 0.1) is 0 Å². The molecule has 0 aliphatic rings. The fraction of sp³-hybridized carbons (Fsp3) is 0.769. The topological polar surface area (TPSA) is 0 Å². The molecule has 8 heteroatoms. The van der Waals surface area contributed by atoms with E-state index in [0.29, 0.717) is 51.4 Å². The second-order valence-electron chi connectivity index (χ2n) is 9.02. The predicted molar refractivity (Wildman–Crippen MR) is 120 cm³/mol. The van der Waals surface area contributed by atoms with Crippen molar-refractivity contribution in [3.8, 4) is 0 Å². The van der Waals surface area contributed by atoms with Crippen LogP contribution >= 0.6 is 0 Å². The van der Waals surface area contributed by atoms with Crippen LogP contribution in [0.25, 0.3) is 0 Å². The molecule has 0 N–H and O–H groups in total. The highest BCUT2D eigenvalue weighted by molar-refractivity contribution is 5.30. The number of rotatable bonds is 20. The molecule has 1 aromatic rings. The maximum atomic E-state index is 14.4. The monoisotopic (exact) mass is 502 g/mol. The normalized spacial score (nSPS) is 11.8. The first-order valence-electron chi connectivity index (χ1n) is 12.7. The van der Waals surface area contributed by atoms with Crippen LogP contribution in [-0.2, 0) is 12.8 Å². The molecule has 0 nitrogen and oxygen atoms in total. The summed E-state index contributed by atoms with van der Waals surface area (Å²) in [5.41, 5.74) is -1.11. The standard InChI is InChI=1S/C26H38F8/c27-21(28)17-13-9-5-1-3-7-11-15-19-23(31)25(33)20(26(34)24(19)32)16-12-8-4-2-6-10-14-18-22(29)30/h21-22H,1-18H2. The summed E-state index contributed by atoms with van der Waals surface area (Å²) in [5.74, 6) is -5.28. The lowest BCUT2D eigenvalue weighted by atomic mass is 9.98. The highest BCUT2D eigenvalue weighted by Gasteiger charge is 2.24. The lowest BCUT2D eigenvalue weighted by molar-refractivity contribution is 0.133. The average Bonchev–Trinajstić information content (AvgIpc) is 2.79. The summed E-state index contributed by atoms with van der Waals surface area (Å²) in [5, 5.41) is 0. The molecule has 0 radical (unpaired) electrons. The smallest absolute Gasteiger partial charge is 0.211 e. The Morgan fingerprint density at radius 1 is 0.353 bits per heavy atom. The largest absolute Gasteiger partial charge is 0.238 e. The maximum Gasteiger partial charge on any atom is 0.238 e. The molecule has 1 aromatic carbocycles. The van der Waals surface area contributed by atoms with Crippen LogP contribution in [0.1, 0.15) is 114 Å². The van der Waals surface area contributed by atoms with Gasteiger partial charge >= 0.3 is 0 Å². The third kappa shape index (κ3) is 12.4. The SMILES string of the molecule is Fc1c(F)c(CCCCCCCCCC(F)F)c(F)c(F)c1CCCCCCCCCC(F)F. The molecule has 0 spiro atoms. The third-order valence-electron chi connectivity index (χ3n) is 6.14. The summed E-state index contributed by atoms with van der Waals surface area (Å²) in [6.07, 6.45) is 4.31. The summed E-state index contributed by atoms with van der Waals surface area (Å²) >= 11 is 0. The Morgan fingerprint density at radius 2 is 0.588 bits per heavy atom. The molecule has 0 bridgehead atoms. The molecule has 1 rings (SSSR count). The van der Waals surface area contributed by atoms with Gasteiger partial charge in [-0.25, -0.2) is 35.1 Å². The van der Waals surface area contributed by atoms with Crippen molar-refractivity contribution in [3.63, 3.8) is 0 Å². The van der Waals surface area contributed by atoms with Gasteiger partial charge in [-0.15, -0.1) is 0 Å². The fourth-order valence-corrected chi connectivity index (χ4v) is 4.13. The molecule has 0 unspecified atom stereocenters. The number of unbranched alkanes of at least 4 members (excludes halogenated alkanes) is 12. The summed E-state index contributed by atoms with van der Waals surface area (Å²) in [6, 6.07) is 0. The molecule has 0 aliphatic carbocycles. The van der Waals surface area contributed by atoms with E-state index in [1.165, 1.54) is 0 Å². The van der Waals surface area contributed by atoms with Crippen LogP contribution in [0.15, 0.2) is 0 Å². The van der Waals surface area contributed by atoms with Crippen LogP contribution in [0.5, 0.6) is 0 Å². The zero-order valence-electron chi connectivity index (χ0n) is 19.9. The van der Waals surface area contributed by atoms with Gasteiger partial charge in [-0.2, -0.15) is 0 Å². The van der Waals surface area contributed by atoms with Crippen molar-refractivity contribution >= 4 is 0 Å². The van der Waals surface area contributed by atoms with Crippen LogP contribution in [0.3, 0.4) is 0 Å². The van der Waals surface area contributed by atoms with Crippen molar-refractivity contribution in [1.82, 2.24) is 0 Å². The third-order valence-corrected chi connectivity index (χ3v) is 6.14. The fourth-order valence-electron chi connectivity index (χ4n) is 4.13. The van der Waals surface area contributed by atoms with Crippen LogP contribution in [0.4, 0.5) is 35.1 Å². The first-order chi connectivity index (χ1) is 16.3. The molecule has 0 amide bonds. The van der Waals surface area contributed by atoms with E-state index in [0.717, 1.165) is 38.5 Å². The van der Waals surface area contributed by atoms with Gasteiger partial charge in [0.1, 0.15) is 0 Å². The predicted octanol–water partition coefficient (Wildman–Crippen LogP) is 10.1. The highest BCUT2D eigenvalue weighted by atomic mass is 19.3. The van der Waals surface area contributed by atoms with Gasteiger partial charge in [0.25, 0.3) is 0 Å². The van der Waals surface area contributed by atoms with Crippen molar-refractivity contribution in [2.24, 2.45) is 0 Å². The van der Waals surface area contributed by atoms with Crippen molar-refractivity contribution in [2.75, 3.05) is 0 Å². The van der Waals surface area contributed by atoms with E-state index in [9.17, 15) is 35.1 Å². The van der Waals surface area contributed by atoms with Gasteiger partial charge in [-0.05, 0) is 38.5 Å². The Balaban J connectivity index is 2.34. The Bertz CT molecular complexity index is 589. The number of hydrogen-bond acceptors (Lipinski definition) is 0. The van der Waals surface area contributed by atoms with E-state index in [-0.39, 0.29) is 25.7 Å². The van der Waals surface area contributed by atoms with Crippen molar-refractivity contribution in [1.29, 1.82) is 0 Å². The molecule has 0 aromatic heterocycles. The van der Waals surface area contributed by atoms with Crippen molar-refractivity contribution in [3.05, 3.63) is 34.4 Å². The van der Waals surface area contributed by atoms with E-state index in [1.807, 2.05) is 0 Å². The number of hydrogen-bond donors (Lipinski definition) is 0. The lowest BCUT2D eigenvalue weighted by Gasteiger charge is -2.12. The van der Waals surface area contributed by atoms with Gasteiger partial charge < -0.3 is 0 Å². The zero-order valence-corrected chi connectivity index (χ0v) is 19.9. The number of alkyl halides is 4. The van der Waals surface area contributed by atoms with Crippen LogP contribution in [-0.4, -0.2) is 12.9 Å². The molecule has 0 heterocycles. The molecular weight excluding hydrogens is 464 g/mol. The van der Waals surface area contributed by atoms with Crippen LogP contribution in [0.2, 0.25) is 0 Å². The van der Waals surface area contributed by atoms with E-state index in [1.54, 1.807) is 0 Å². The Kier molecular flexibility index (Phi) is 16.2. The Hall–Kier alpha value is -1.34. The first kappa shape index (κ1) is 30.7. The minimum Gasteiger partial charge on any atom is -0.211 e. The molecular formula is C26H38F8. The summed E-state index contributed by atoms with van der Waals surface area (Å²) in [7, 11) is 0. The molecule has 0 saturated carbocycles. The van der Waals surface area contributed by atoms with Gasteiger partial charge in [0, 0.05) is 24.0 Å². The van der Waals surface area contributed by atoms with Crippen molar-refractivity contribution < 1.29 is 35.1 Å². The summed E-state index contributed by atoms with van der Waals surface area (Å²) in [6.45, 7) is 0. The van der Waals surface area contributed by atoms with Crippen LogP contribution < -0.4 is 0 Å². The lowest BCUT2D eigenvalue weighted by Crippen LogP contribution is -2.09. The van der Waals surface area contributed by atoms with Gasteiger partial charge in [0.2, 0.25) is 12.9 Å². The Morgan fingerprint density at radius 3 is 0.853 bits per heavy atom. The number of benzene rings is 1. The van der Waals surface area contributed by atoms with Crippen LogP contribution in [0, 0.1) is 23.3 Å². The number of halogens is 8. The first-order valence-corrected chi connectivity index (χ1v) is 12.7. The zero-order chi connectivity index (χ0) is 25.3. The van der Waals surface area contributed by atoms with Gasteiger partial charge in [-0.3, -0.25) is 0 Å². The molecule has 198 valence electrons. The maximum absolute atomic E-state index is 14.4. The van der Waals surface area contributed by atoms with E-state index >= 15 is 0 Å². The second kappa shape index (κ2) is 18.0. The van der Waals surface area contributed by atoms with Crippen molar-refractivity contribution in [2.45, 2.75) is 128 Å². The second-order valence-corrected chi connectivity index (χ2v) is 9.02. The summed E-state index contributed by atoms with van der Waals surface area (Å²) in [4.78, 5) is 0. The highest BCUT2D eigenvalue weighted by Crippen LogP contribution is 2.27. The Labute approximate surface area is 198 Å². The van der Waals surface area contributed by atoms with E-state index in [2.05, 4.69) is 0 Å². The average molecular weight is 503 g/mol. The molecule has 0 saturated heterocycles.